The van der Waals surface area contributed by atoms with Gasteiger partial charge in [0.1, 0.15) is 0 Å². The number of benzene rings is 2. The minimum atomic E-state index is -0.302. The highest BCUT2D eigenvalue weighted by Gasteiger charge is 2.13. The second kappa shape index (κ2) is 9.62. The van der Waals surface area contributed by atoms with E-state index in [9.17, 15) is 9.59 Å². The maximum atomic E-state index is 12.5. The smallest absolute Gasteiger partial charge is 0.257 e. The molecule has 2 rings (SSSR count). The van der Waals surface area contributed by atoms with Crippen molar-refractivity contribution < 1.29 is 9.59 Å². The zero-order valence-electron chi connectivity index (χ0n) is 15.5. The lowest BCUT2D eigenvalue weighted by molar-refractivity contribution is 0.0772. The molecular weight excluding hydrogens is 426 g/mol. The number of rotatable bonds is 5. The third-order valence-electron chi connectivity index (χ3n) is 4.08. The second-order valence-electron chi connectivity index (χ2n) is 5.93. The van der Waals surface area contributed by atoms with Gasteiger partial charge in [0.25, 0.3) is 11.8 Å². The van der Waals surface area contributed by atoms with Crippen LogP contribution in [0.25, 0.3) is 0 Å². The Bertz CT molecular complexity index is 866. The molecule has 0 spiro atoms. The summed E-state index contributed by atoms with van der Waals surface area (Å²) in [5.41, 5.74) is 2.76. The van der Waals surface area contributed by atoms with Crippen LogP contribution in [0.15, 0.2) is 46.9 Å². The van der Waals surface area contributed by atoms with Crippen LogP contribution in [0.1, 0.15) is 40.1 Å². The molecule has 7 heteroatoms. The summed E-state index contributed by atoms with van der Waals surface area (Å²) in [4.78, 5) is 26.5. The van der Waals surface area contributed by atoms with Gasteiger partial charge in [-0.15, -0.1) is 0 Å². The van der Waals surface area contributed by atoms with Crippen molar-refractivity contribution in [3.63, 3.8) is 0 Å². The first-order valence-electron chi connectivity index (χ1n) is 8.63. The molecule has 0 aliphatic carbocycles. The number of halogens is 1. The molecule has 0 heterocycles. The van der Waals surface area contributed by atoms with Crippen LogP contribution in [-0.4, -0.2) is 34.9 Å². The molecule has 0 fully saturated rings. The van der Waals surface area contributed by atoms with E-state index >= 15 is 0 Å². The second-order valence-corrected chi connectivity index (χ2v) is 7.19. The van der Waals surface area contributed by atoms with E-state index < -0.39 is 0 Å². The molecule has 2 aromatic carbocycles. The van der Waals surface area contributed by atoms with Crippen molar-refractivity contribution in [2.45, 2.75) is 20.8 Å². The number of aryl methyl sites for hydroxylation is 1. The number of thiocarbonyl (C=S) groups is 1. The van der Waals surface area contributed by atoms with E-state index in [0.29, 0.717) is 29.9 Å². The molecule has 0 unspecified atom stereocenters. The summed E-state index contributed by atoms with van der Waals surface area (Å²) in [7, 11) is 0. The van der Waals surface area contributed by atoms with E-state index in [-0.39, 0.29) is 16.9 Å². The molecule has 0 radical (unpaired) electrons. The van der Waals surface area contributed by atoms with Crippen molar-refractivity contribution in [3.8, 4) is 0 Å². The number of amides is 2. The first kappa shape index (κ1) is 21.1. The molecule has 0 aromatic heterocycles. The largest absolute Gasteiger partial charge is 0.339 e. The topological polar surface area (TPSA) is 61.4 Å². The number of hydrogen-bond donors (Lipinski definition) is 2. The van der Waals surface area contributed by atoms with Crippen molar-refractivity contribution in [2.75, 3.05) is 18.4 Å². The normalized spacial score (nSPS) is 10.2. The van der Waals surface area contributed by atoms with Gasteiger partial charge in [0.05, 0.1) is 0 Å². The van der Waals surface area contributed by atoms with Gasteiger partial charge in [0.15, 0.2) is 5.11 Å². The van der Waals surface area contributed by atoms with Gasteiger partial charge in [-0.1, -0.05) is 28.1 Å². The van der Waals surface area contributed by atoms with Gasteiger partial charge in [0.2, 0.25) is 0 Å². The van der Waals surface area contributed by atoms with Crippen LogP contribution in [0, 0.1) is 6.92 Å². The van der Waals surface area contributed by atoms with Crippen LogP contribution < -0.4 is 10.6 Å². The van der Waals surface area contributed by atoms with Crippen molar-refractivity contribution >= 4 is 50.8 Å². The lowest BCUT2D eigenvalue weighted by atomic mass is 10.1. The van der Waals surface area contributed by atoms with Gasteiger partial charge in [-0.05, 0) is 68.9 Å². The fraction of sp³-hybridized carbons (Fsp3) is 0.250. The molecule has 27 heavy (non-hydrogen) atoms. The minimum Gasteiger partial charge on any atom is -0.339 e. The summed E-state index contributed by atoms with van der Waals surface area (Å²) in [5.74, 6) is -0.341. The average molecular weight is 448 g/mol. The summed E-state index contributed by atoms with van der Waals surface area (Å²) < 4.78 is 0.858. The number of nitrogens with one attached hydrogen (secondary N) is 2. The molecule has 0 saturated heterocycles. The standard InChI is InChI=1S/C20H22BrN3O2S/c1-4-24(5-2)19(26)15-7-6-8-16(11-15)22-20(27)23-18(25)14-10-9-13(3)17(21)12-14/h6-12H,4-5H2,1-3H3,(H2,22,23,25,27). The van der Waals surface area contributed by atoms with E-state index in [1.165, 1.54) is 0 Å². The number of carbonyl (C=O) groups excluding carboxylic acids is 2. The van der Waals surface area contributed by atoms with Crippen LogP contribution in [-0.2, 0) is 0 Å². The van der Waals surface area contributed by atoms with E-state index in [4.69, 9.17) is 12.2 Å². The molecule has 2 aromatic rings. The van der Waals surface area contributed by atoms with Crippen molar-refractivity contribution in [3.05, 3.63) is 63.6 Å². The molecule has 0 bridgehead atoms. The van der Waals surface area contributed by atoms with Crippen LogP contribution in [0.3, 0.4) is 0 Å². The van der Waals surface area contributed by atoms with E-state index in [2.05, 4.69) is 26.6 Å². The minimum absolute atomic E-state index is 0.0388. The zero-order chi connectivity index (χ0) is 20.0. The van der Waals surface area contributed by atoms with Gasteiger partial charge in [-0.25, -0.2) is 0 Å². The summed E-state index contributed by atoms with van der Waals surface area (Å²) in [6.45, 7) is 7.13. The third kappa shape index (κ3) is 5.61. The van der Waals surface area contributed by atoms with E-state index in [1.807, 2.05) is 26.8 Å². The van der Waals surface area contributed by atoms with Gasteiger partial charge < -0.3 is 10.2 Å². The number of anilines is 1. The molecule has 142 valence electrons. The highest BCUT2D eigenvalue weighted by Crippen LogP contribution is 2.17. The first-order valence-corrected chi connectivity index (χ1v) is 9.83. The SMILES string of the molecule is CCN(CC)C(=O)c1cccc(NC(=S)NC(=O)c2ccc(C)c(Br)c2)c1. The first-order chi connectivity index (χ1) is 12.8. The van der Waals surface area contributed by atoms with Gasteiger partial charge >= 0.3 is 0 Å². The highest BCUT2D eigenvalue weighted by molar-refractivity contribution is 9.10. The molecule has 0 atom stereocenters. The summed E-state index contributed by atoms with van der Waals surface area (Å²) in [6, 6.07) is 12.4. The van der Waals surface area contributed by atoms with Crippen LogP contribution >= 0.6 is 28.1 Å². The maximum absolute atomic E-state index is 12.5. The molecule has 2 N–H and O–H groups in total. The monoisotopic (exact) mass is 447 g/mol. The summed E-state index contributed by atoms with van der Waals surface area (Å²) >= 11 is 8.64. The summed E-state index contributed by atoms with van der Waals surface area (Å²) in [6.07, 6.45) is 0. The Kier molecular flexibility index (Phi) is 7.50. The number of hydrogen-bond acceptors (Lipinski definition) is 3. The van der Waals surface area contributed by atoms with Crippen molar-refractivity contribution in [2.24, 2.45) is 0 Å². The Balaban J connectivity index is 2.05. The Morgan fingerprint density at radius 3 is 2.41 bits per heavy atom. The Labute approximate surface area is 173 Å². The fourth-order valence-electron chi connectivity index (χ4n) is 2.50. The lowest BCUT2D eigenvalue weighted by Crippen LogP contribution is -2.34. The predicted molar refractivity (Wildman–Crippen MR) is 116 cm³/mol. The maximum Gasteiger partial charge on any atom is 0.257 e. The predicted octanol–water partition coefficient (Wildman–Crippen LogP) is 4.37. The molecule has 0 aliphatic rings. The van der Waals surface area contributed by atoms with Crippen molar-refractivity contribution in [1.29, 1.82) is 0 Å². The summed E-state index contributed by atoms with van der Waals surface area (Å²) in [5, 5.41) is 5.78. The van der Waals surface area contributed by atoms with E-state index in [0.717, 1.165) is 10.0 Å². The molecule has 0 saturated carbocycles. The van der Waals surface area contributed by atoms with Crippen LogP contribution in [0.5, 0.6) is 0 Å². The zero-order valence-corrected chi connectivity index (χ0v) is 17.9. The number of carbonyl (C=O) groups is 2. The fourth-order valence-corrected chi connectivity index (χ4v) is 3.08. The average Bonchev–Trinajstić information content (AvgIpc) is 2.64. The Hall–Kier alpha value is -2.25. The van der Waals surface area contributed by atoms with Crippen molar-refractivity contribution in [1.82, 2.24) is 10.2 Å². The molecule has 5 nitrogen and oxygen atoms in total. The van der Waals surface area contributed by atoms with Crippen LogP contribution in [0.4, 0.5) is 5.69 Å². The third-order valence-corrected chi connectivity index (χ3v) is 5.14. The quantitative estimate of drug-likeness (QED) is 0.668. The Morgan fingerprint density at radius 1 is 1.07 bits per heavy atom. The molecule has 0 aliphatic heterocycles. The molecular formula is C20H22BrN3O2S. The van der Waals surface area contributed by atoms with E-state index in [1.54, 1.807) is 41.3 Å². The lowest BCUT2D eigenvalue weighted by Gasteiger charge is -2.19. The van der Waals surface area contributed by atoms with Crippen LogP contribution in [0.2, 0.25) is 0 Å². The molecule has 2 amide bonds. The Morgan fingerprint density at radius 2 is 1.78 bits per heavy atom. The van der Waals surface area contributed by atoms with Gasteiger partial charge in [-0.2, -0.15) is 0 Å². The van der Waals surface area contributed by atoms with Gasteiger partial charge in [-0.3, -0.25) is 14.9 Å². The number of nitrogens with zero attached hydrogens (tertiary/aromatic N) is 1. The van der Waals surface area contributed by atoms with Gasteiger partial charge in [0, 0.05) is 34.4 Å². The highest BCUT2D eigenvalue weighted by atomic mass is 79.9.